The van der Waals surface area contributed by atoms with Gasteiger partial charge in [0.1, 0.15) is 0 Å². The maximum Gasteiger partial charge on any atom is 0.0450 e. The Morgan fingerprint density at radius 1 is 1.29 bits per heavy atom. The molecule has 0 bridgehead atoms. The van der Waals surface area contributed by atoms with Crippen LogP contribution in [0.4, 0.5) is 0 Å². The first-order valence-corrected chi connectivity index (χ1v) is 5.32. The predicted octanol–water partition coefficient (Wildman–Crippen LogP) is 3.68. The zero-order valence-electron chi connectivity index (χ0n) is 9.59. The molecule has 0 saturated carbocycles. The molecule has 0 aromatic carbocycles. The van der Waals surface area contributed by atoms with E-state index in [1.54, 1.807) is 0 Å². The number of rotatable bonds is 3. The highest BCUT2D eigenvalue weighted by Crippen LogP contribution is 2.16. The molecule has 1 heterocycles. The highest BCUT2D eigenvalue weighted by Gasteiger charge is 2.03. The van der Waals surface area contributed by atoms with Gasteiger partial charge in [-0.05, 0) is 43.9 Å². The lowest BCUT2D eigenvalue weighted by Gasteiger charge is -2.08. The Morgan fingerprint density at radius 3 is 2.57 bits per heavy atom. The molecule has 1 heteroatoms. The third-order valence-electron chi connectivity index (χ3n) is 2.36. The minimum atomic E-state index is 1.08. The molecule has 0 fully saturated rings. The van der Waals surface area contributed by atoms with E-state index in [0.29, 0.717) is 0 Å². The van der Waals surface area contributed by atoms with Crippen LogP contribution in [0.15, 0.2) is 12.1 Å². The molecule has 14 heavy (non-hydrogen) atoms. The molecule has 0 aliphatic heterocycles. The van der Waals surface area contributed by atoms with E-state index in [4.69, 9.17) is 0 Å². The number of pyridine rings is 1. The minimum Gasteiger partial charge on any atom is -0.258 e. The van der Waals surface area contributed by atoms with E-state index in [-0.39, 0.29) is 0 Å². The van der Waals surface area contributed by atoms with Crippen molar-refractivity contribution in [1.82, 2.24) is 4.98 Å². The summed E-state index contributed by atoms with van der Waals surface area (Å²) in [6.07, 6.45) is 6.54. The van der Waals surface area contributed by atoms with Gasteiger partial charge in [-0.25, -0.2) is 0 Å². The molecule has 1 rings (SSSR count). The Kier molecular flexibility index (Phi) is 3.87. The molecule has 0 atom stereocenters. The lowest BCUT2D eigenvalue weighted by atomic mass is 10.0. The predicted molar refractivity (Wildman–Crippen MR) is 62.4 cm³/mol. The van der Waals surface area contributed by atoms with Crippen molar-refractivity contribution >= 4 is 6.08 Å². The highest BCUT2D eigenvalue weighted by atomic mass is 14.7. The van der Waals surface area contributed by atoms with Gasteiger partial charge in [-0.1, -0.05) is 26.0 Å². The zero-order chi connectivity index (χ0) is 10.6. The second-order valence-corrected chi connectivity index (χ2v) is 3.59. The Balaban J connectivity index is 3.18. The smallest absolute Gasteiger partial charge is 0.0450 e. The highest BCUT2D eigenvalue weighted by molar-refractivity contribution is 5.56. The van der Waals surface area contributed by atoms with Crippen LogP contribution in [0.25, 0.3) is 6.08 Å². The van der Waals surface area contributed by atoms with E-state index in [1.165, 1.54) is 11.1 Å². The lowest BCUT2D eigenvalue weighted by Crippen LogP contribution is -1.96. The second kappa shape index (κ2) is 4.94. The summed E-state index contributed by atoms with van der Waals surface area (Å²) in [5.41, 5.74) is 4.97. The van der Waals surface area contributed by atoms with Crippen molar-refractivity contribution in [2.45, 2.75) is 40.5 Å². The summed E-state index contributed by atoms with van der Waals surface area (Å²) in [5.74, 6) is 0. The molecule has 0 N–H and O–H groups in total. The number of nitrogens with zero attached hydrogens (tertiary/aromatic N) is 1. The number of aromatic nitrogens is 1. The molecular formula is C13H19N. The first-order chi connectivity index (χ1) is 6.69. The maximum atomic E-state index is 4.48. The second-order valence-electron chi connectivity index (χ2n) is 3.59. The lowest BCUT2D eigenvalue weighted by molar-refractivity contribution is 1.04. The van der Waals surface area contributed by atoms with Crippen molar-refractivity contribution in [2.75, 3.05) is 0 Å². The van der Waals surface area contributed by atoms with E-state index in [0.717, 1.165) is 24.2 Å². The van der Waals surface area contributed by atoms with Gasteiger partial charge in [-0.15, -0.1) is 0 Å². The maximum absolute atomic E-state index is 4.48. The van der Waals surface area contributed by atoms with E-state index in [1.807, 2.05) is 0 Å². The van der Waals surface area contributed by atoms with Crippen LogP contribution in [-0.2, 0) is 6.42 Å². The van der Waals surface area contributed by atoms with Crippen molar-refractivity contribution in [2.24, 2.45) is 0 Å². The van der Waals surface area contributed by atoms with Crippen molar-refractivity contribution in [3.63, 3.8) is 0 Å². The zero-order valence-corrected chi connectivity index (χ0v) is 9.59. The first-order valence-electron chi connectivity index (χ1n) is 5.32. The van der Waals surface area contributed by atoms with Gasteiger partial charge in [0.05, 0.1) is 0 Å². The molecule has 1 aromatic heterocycles. The van der Waals surface area contributed by atoms with Gasteiger partial charge >= 0.3 is 0 Å². The van der Waals surface area contributed by atoms with Gasteiger partial charge in [-0.3, -0.25) is 4.98 Å². The standard InChI is InChI=1S/C13H19N/c1-5-7-8-13-11(4)14-10(3)9-12(13)6-2/h7-9H,5-6H2,1-4H3/b8-7-. The largest absolute Gasteiger partial charge is 0.258 e. The minimum absolute atomic E-state index is 1.08. The topological polar surface area (TPSA) is 12.9 Å². The third-order valence-corrected chi connectivity index (χ3v) is 2.36. The average molecular weight is 189 g/mol. The van der Waals surface area contributed by atoms with Crippen molar-refractivity contribution in [1.29, 1.82) is 0 Å². The number of allylic oxidation sites excluding steroid dienone is 1. The fourth-order valence-corrected chi connectivity index (χ4v) is 1.68. The summed E-state index contributed by atoms with van der Waals surface area (Å²) in [7, 11) is 0. The molecule has 0 saturated heterocycles. The summed E-state index contributed by atoms with van der Waals surface area (Å²) in [6, 6.07) is 2.18. The van der Waals surface area contributed by atoms with Gasteiger partial charge in [0.15, 0.2) is 0 Å². The van der Waals surface area contributed by atoms with Crippen LogP contribution in [0.1, 0.15) is 42.8 Å². The monoisotopic (exact) mass is 189 g/mol. The number of hydrogen-bond donors (Lipinski definition) is 0. The molecule has 0 unspecified atom stereocenters. The molecule has 0 aliphatic rings. The molecule has 76 valence electrons. The molecule has 0 spiro atoms. The van der Waals surface area contributed by atoms with Crippen molar-refractivity contribution in [3.8, 4) is 0 Å². The quantitative estimate of drug-likeness (QED) is 0.706. The summed E-state index contributed by atoms with van der Waals surface area (Å²) in [5, 5.41) is 0. The van der Waals surface area contributed by atoms with Gasteiger partial charge < -0.3 is 0 Å². The third kappa shape index (κ3) is 2.44. The van der Waals surface area contributed by atoms with Crippen LogP contribution in [0.5, 0.6) is 0 Å². The first kappa shape index (κ1) is 11.0. The molecular weight excluding hydrogens is 170 g/mol. The summed E-state index contributed by atoms with van der Waals surface area (Å²) < 4.78 is 0. The van der Waals surface area contributed by atoms with Crippen LogP contribution < -0.4 is 0 Å². The molecule has 1 aromatic rings. The van der Waals surface area contributed by atoms with Crippen LogP contribution >= 0.6 is 0 Å². The Labute approximate surface area is 86.9 Å². The van der Waals surface area contributed by atoms with Gasteiger partial charge in [0, 0.05) is 11.4 Å². The number of aryl methyl sites for hydroxylation is 3. The number of hydrogen-bond acceptors (Lipinski definition) is 1. The summed E-state index contributed by atoms with van der Waals surface area (Å²) >= 11 is 0. The summed E-state index contributed by atoms with van der Waals surface area (Å²) in [6.45, 7) is 8.48. The average Bonchev–Trinajstić information content (AvgIpc) is 2.15. The van der Waals surface area contributed by atoms with Crippen LogP contribution in [0.2, 0.25) is 0 Å². The van der Waals surface area contributed by atoms with Gasteiger partial charge in [0.2, 0.25) is 0 Å². The molecule has 0 radical (unpaired) electrons. The Hall–Kier alpha value is -1.11. The summed E-state index contributed by atoms with van der Waals surface area (Å²) in [4.78, 5) is 4.48. The fourth-order valence-electron chi connectivity index (χ4n) is 1.68. The molecule has 0 aliphatic carbocycles. The Morgan fingerprint density at radius 2 is 2.00 bits per heavy atom. The normalized spacial score (nSPS) is 11.1. The van der Waals surface area contributed by atoms with Crippen LogP contribution in [0, 0.1) is 13.8 Å². The van der Waals surface area contributed by atoms with Gasteiger partial charge in [-0.2, -0.15) is 0 Å². The van der Waals surface area contributed by atoms with E-state index in [2.05, 4.69) is 50.9 Å². The molecule has 1 nitrogen and oxygen atoms in total. The SMILES string of the molecule is CC/C=C\c1c(CC)cc(C)nc1C. The van der Waals surface area contributed by atoms with E-state index in [9.17, 15) is 0 Å². The van der Waals surface area contributed by atoms with Crippen molar-refractivity contribution < 1.29 is 0 Å². The Bertz CT molecular complexity index is 337. The van der Waals surface area contributed by atoms with Crippen molar-refractivity contribution in [3.05, 3.63) is 34.7 Å². The fraction of sp³-hybridized carbons (Fsp3) is 0.462. The molecule has 0 amide bonds. The van der Waals surface area contributed by atoms with E-state index >= 15 is 0 Å². The van der Waals surface area contributed by atoms with Gasteiger partial charge in [0.25, 0.3) is 0 Å². The van der Waals surface area contributed by atoms with Crippen LogP contribution in [-0.4, -0.2) is 4.98 Å². The van der Waals surface area contributed by atoms with Crippen LogP contribution in [0.3, 0.4) is 0 Å². The van der Waals surface area contributed by atoms with E-state index < -0.39 is 0 Å².